The lowest BCUT2D eigenvalue weighted by molar-refractivity contribution is -0.159. The Balaban J connectivity index is 2.62. The highest BCUT2D eigenvalue weighted by atomic mass is 16.6. The Bertz CT molecular complexity index is 1400. The van der Waals surface area contributed by atoms with Crippen LogP contribution in [0.1, 0.15) is 90.1 Å². The van der Waals surface area contributed by atoms with Crippen LogP contribution in [0.3, 0.4) is 0 Å². The molecule has 3 amide bonds. The van der Waals surface area contributed by atoms with E-state index in [-0.39, 0.29) is 18.8 Å². The molecular weight excluding hydrogens is 584 g/mol. The number of nitriles is 1. The van der Waals surface area contributed by atoms with Gasteiger partial charge in [0.25, 0.3) is 0 Å². The van der Waals surface area contributed by atoms with Gasteiger partial charge in [0.05, 0.1) is 6.07 Å². The number of hydrogen-bond acceptors (Lipinski definition) is 7. The largest absolute Gasteiger partial charge is 0.458 e. The molecular formula is C36H50N4O6. The van der Waals surface area contributed by atoms with Gasteiger partial charge in [-0.1, -0.05) is 62.4 Å². The van der Waals surface area contributed by atoms with Crippen LogP contribution in [0.5, 0.6) is 0 Å². The monoisotopic (exact) mass is 634 g/mol. The lowest BCUT2D eigenvalue weighted by Crippen LogP contribution is -2.55. The van der Waals surface area contributed by atoms with E-state index >= 15 is 0 Å². The molecule has 0 saturated carbocycles. The van der Waals surface area contributed by atoms with Crippen molar-refractivity contribution in [3.63, 3.8) is 0 Å². The molecule has 250 valence electrons. The zero-order chi connectivity index (χ0) is 34.8. The summed E-state index contributed by atoms with van der Waals surface area (Å²) in [5, 5.41) is 15.4. The molecule has 2 aromatic carbocycles. The van der Waals surface area contributed by atoms with E-state index in [1.165, 1.54) is 0 Å². The molecule has 0 aliphatic rings. The van der Waals surface area contributed by atoms with Crippen LogP contribution in [0.4, 0.5) is 4.79 Å². The van der Waals surface area contributed by atoms with Gasteiger partial charge in [0.15, 0.2) is 0 Å². The van der Waals surface area contributed by atoms with Crippen molar-refractivity contribution in [2.45, 2.75) is 111 Å². The van der Waals surface area contributed by atoms with Crippen molar-refractivity contribution < 1.29 is 28.7 Å². The fourth-order valence-electron chi connectivity index (χ4n) is 4.79. The van der Waals surface area contributed by atoms with Crippen LogP contribution in [0.15, 0.2) is 48.5 Å². The SMILES string of the molecule is Cc1ccc(C(C(=O)NC(Cc2ccccc2)C(=O)OC(C)(C)C)N(CC#N)C(=O)C(CC(C)C)NC(=O)OC(C)(C)C)cc1C. The summed E-state index contributed by atoms with van der Waals surface area (Å²) in [6, 6.07) is 13.1. The number of benzene rings is 2. The minimum absolute atomic E-state index is 0.0239. The van der Waals surface area contributed by atoms with E-state index in [4.69, 9.17) is 9.47 Å². The van der Waals surface area contributed by atoms with Gasteiger partial charge in [-0.15, -0.1) is 0 Å². The van der Waals surface area contributed by atoms with Crippen LogP contribution >= 0.6 is 0 Å². The molecule has 3 atom stereocenters. The van der Waals surface area contributed by atoms with E-state index in [2.05, 4.69) is 10.6 Å². The number of amides is 3. The van der Waals surface area contributed by atoms with Crippen LogP contribution < -0.4 is 10.6 Å². The summed E-state index contributed by atoms with van der Waals surface area (Å²) in [4.78, 5) is 56.0. The van der Waals surface area contributed by atoms with Gasteiger partial charge < -0.3 is 25.0 Å². The summed E-state index contributed by atoms with van der Waals surface area (Å²) in [6.45, 7) is 17.5. The Kier molecular flexibility index (Phi) is 13.4. The Morgan fingerprint density at radius 3 is 1.98 bits per heavy atom. The van der Waals surface area contributed by atoms with E-state index in [0.29, 0.717) is 5.56 Å². The Labute approximate surface area is 273 Å². The molecule has 2 rings (SSSR count). The van der Waals surface area contributed by atoms with Gasteiger partial charge >= 0.3 is 12.1 Å². The Hall–Kier alpha value is -4.39. The first-order valence-corrected chi connectivity index (χ1v) is 15.6. The number of nitrogens with one attached hydrogen (secondary N) is 2. The van der Waals surface area contributed by atoms with E-state index in [9.17, 15) is 24.4 Å². The summed E-state index contributed by atoms with van der Waals surface area (Å²) in [5.74, 6) is -1.95. The van der Waals surface area contributed by atoms with Gasteiger partial charge in [-0.2, -0.15) is 5.26 Å². The third-order valence-electron chi connectivity index (χ3n) is 6.92. The van der Waals surface area contributed by atoms with E-state index in [1.807, 2.05) is 70.2 Å². The first-order valence-electron chi connectivity index (χ1n) is 15.6. The van der Waals surface area contributed by atoms with Crippen molar-refractivity contribution in [3.05, 3.63) is 70.8 Å². The van der Waals surface area contributed by atoms with Gasteiger partial charge in [-0.25, -0.2) is 9.59 Å². The summed E-state index contributed by atoms with van der Waals surface area (Å²) >= 11 is 0. The van der Waals surface area contributed by atoms with Crippen LogP contribution in [0.2, 0.25) is 0 Å². The van der Waals surface area contributed by atoms with Crippen molar-refractivity contribution >= 4 is 23.9 Å². The Morgan fingerprint density at radius 1 is 0.848 bits per heavy atom. The zero-order valence-electron chi connectivity index (χ0n) is 28.9. The lowest BCUT2D eigenvalue weighted by atomic mass is 9.96. The molecule has 0 heterocycles. The van der Waals surface area contributed by atoms with Gasteiger partial charge in [-0.3, -0.25) is 9.59 Å². The number of alkyl carbamates (subject to hydrolysis) is 1. The number of esters is 1. The highest BCUT2D eigenvalue weighted by Crippen LogP contribution is 2.26. The van der Waals surface area contributed by atoms with Crippen LogP contribution in [0.25, 0.3) is 0 Å². The summed E-state index contributed by atoms with van der Waals surface area (Å²) in [7, 11) is 0. The molecule has 2 aromatic rings. The predicted octanol–water partition coefficient (Wildman–Crippen LogP) is 5.71. The molecule has 0 fully saturated rings. The van der Waals surface area contributed by atoms with Crippen molar-refractivity contribution in [2.24, 2.45) is 5.92 Å². The van der Waals surface area contributed by atoms with E-state index in [0.717, 1.165) is 21.6 Å². The third-order valence-corrected chi connectivity index (χ3v) is 6.92. The highest BCUT2D eigenvalue weighted by Gasteiger charge is 2.38. The van der Waals surface area contributed by atoms with Gasteiger partial charge in [0.1, 0.15) is 35.9 Å². The zero-order valence-corrected chi connectivity index (χ0v) is 28.9. The molecule has 0 aliphatic carbocycles. The molecule has 2 N–H and O–H groups in total. The quantitative estimate of drug-likeness (QED) is 0.226. The molecule has 0 bridgehead atoms. The molecule has 10 heteroatoms. The molecule has 0 aromatic heterocycles. The lowest BCUT2D eigenvalue weighted by Gasteiger charge is -2.34. The number of carbonyl (C=O) groups is 4. The van der Waals surface area contributed by atoms with Crippen LogP contribution in [0, 0.1) is 31.1 Å². The maximum absolute atomic E-state index is 14.4. The average Bonchev–Trinajstić information content (AvgIpc) is 2.92. The maximum Gasteiger partial charge on any atom is 0.408 e. The van der Waals surface area contributed by atoms with E-state index in [1.54, 1.807) is 53.7 Å². The smallest absolute Gasteiger partial charge is 0.408 e. The summed E-state index contributed by atoms with van der Waals surface area (Å²) in [6.07, 6.45) is -0.414. The fraction of sp³-hybridized carbons (Fsp3) is 0.528. The minimum atomic E-state index is -1.30. The number of carbonyl (C=O) groups excluding carboxylic acids is 4. The number of aryl methyl sites for hydroxylation is 2. The second-order valence-electron chi connectivity index (χ2n) is 14.0. The van der Waals surface area contributed by atoms with Crippen molar-refractivity contribution in [2.75, 3.05) is 6.54 Å². The van der Waals surface area contributed by atoms with Gasteiger partial charge in [0, 0.05) is 6.42 Å². The van der Waals surface area contributed by atoms with Crippen molar-refractivity contribution in [3.8, 4) is 6.07 Å². The van der Waals surface area contributed by atoms with Gasteiger partial charge in [0.2, 0.25) is 11.8 Å². The second-order valence-corrected chi connectivity index (χ2v) is 14.0. The van der Waals surface area contributed by atoms with Crippen LogP contribution in [-0.2, 0) is 30.3 Å². The number of ether oxygens (including phenoxy) is 2. The van der Waals surface area contributed by atoms with E-state index < -0.39 is 59.7 Å². The summed E-state index contributed by atoms with van der Waals surface area (Å²) < 4.78 is 11.1. The molecule has 0 aliphatic heterocycles. The first kappa shape index (κ1) is 37.8. The predicted molar refractivity (Wildman–Crippen MR) is 177 cm³/mol. The van der Waals surface area contributed by atoms with Gasteiger partial charge in [-0.05, 0) is 90.0 Å². The normalized spacial score (nSPS) is 13.5. The highest BCUT2D eigenvalue weighted by molar-refractivity contribution is 5.94. The molecule has 10 nitrogen and oxygen atoms in total. The van der Waals surface area contributed by atoms with Crippen molar-refractivity contribution in [1.29, 1.82) is 5.26 Å². The molecule has 0 spiro atoms. The maximum atomic E-state index is 14.4. The summed E-state index contributed by atoms with van der Waals surface area (Å²) in [5.41, 5.74) is 1.47. The average molecular weight is 635 g/mol. The number of hydrogen-bond donors (Lipinski definition) is 2. The number of rotatable bonds is 12. The molecule has 0 radical (unpaired) electrons. The van der Waals surface area contributed by atoms with Crippen molar-refractivity contribution in [1.82, 2.24) is 15.5 Å². The second kappa shape index (κ2) is 16.3. The minimum Gasteiger partial charge on any atom is -0.458 e. The first-order chi connectivity index (χ1) is 21.3. The third kappa shape index (κ3) is 12.2. The fourth-order valence-corrected chi connectivity index (χ4v) is 4.79. The van der Waals surface area contributed by atoms with Crippen LogP contribution in [-0.4, -0.2) is 58.6 Å². The molecule has 3 unspecified atom stereocenters. The topological polar surface area (TPSA) is 138 Å². The Morgan fingerprint density at radius 2 is 1.46 bits per heavy atom. The molecule has 46 heavy (non-hydrogen) atoms. The standard InChI is InChI=1S/C36H50N4O6/c1-23(2)20-28(39-34(44)46-36(8,9)10)32(42)40(19-18-37)30(27-17-16-24(3)25(4)21-27)31(41)38-29(33(43)45-35(5,6)7)22-26-14-12-11-13-15-26/h11-17,21,23,28-30H,19-20,22H2,1-10H3,(H,38,41)(H,39,44). The molecule has 0 saturated heterocycles. The number of nitrogens with zero attached hydrogens (tertiary/aromatic N) is 2.